The monoisotopic (exact) mass is 573 g/mol. The quantitative estimate of drug-likeness (QED) is 0.318. The number of hydrazone groups is 1. The first kappa shape index (κ1) is 26.2. The third-order valence-corrected chi connectivity index (χ3v) is 7.43. The highest BCUT2D eigenvalue weighted by atomic mass is 79.9. The Bertz CT molecular complexity index is 1420. The van der Waals surface area contributed by atoms with Crippen LogP contribution in [0.4, 0.5) is 16.2 Å². The summed E-state index contributed by atoms with van der Waals surface area (Å²) >= 11 is 3.52. The Balaban J connectivity index is 1.82. The van der Waals surface area contributed by atoms with Crippen LogP contribution < -0.4 is 9.91 Å². The average molecular weight is 575 g/mol. The van der Waals surface area contributed by atoms with Gasteiger partial charge < -0.3 is 4.74 Å². The average Bonchev–Trinajstić information content (AvgIpc) is 3.33. The largest absolute Gasteiger partial charge is 0.443 e. The molecule has 2 amide bonds. The van der Waals surface area contributed by atoms with Crippen molar-refractivity contribution in [1.82, 2.24) is 0 Å². The van der Waals surface area contributed by atoms with Crippen molar-refractivity contribution in [3.63, 3.8) is 0 Å². The lowest BCUT2D eigenvalue weighted by molar-refractivity contribution is -0.125. The van der Waals surface area contributed by atoms with E-state index in [1.165, 1.54) is 4.90 Å². The molecule has 0 N–H and O–H groups in total. The molecule has 6 nitrogen and oxygen atoms in total. The molecule has 3 aromatic rings. The number of benzene rings is 3. The van der Waals surface area contributed by atoms with Crippen LogP contribution in [0.2, 0.25) is 0 Å². The minimum absolute atomic E-state index is 0.370. The van der Waals surface area contributed by atoms with Gasteiger partial charge in [-0.3, -0.25) is 4.79 Å². The van der Waals surface area contributed by atoms with Crippen LogP contribution in [0.15, 0.2) is 88.4 Å². The summed E-state index contributed by atoms with van der Waals surface area (Å²) < 4.78 is 6.66. The third kappa shape index (κ3) is 4.13. The molecule has 2 heterocycles. The Morgan fingerprint density at radius 1 is 0.895 bits per heavy atom. The number of carbonyl (C=O) groups is 2. The maximum atomic E-state index is 14.9. The number of nitrogens with zero attached hydrogens (tertiary/aromatic N) is 3. The van der Waals surface area contributed by atoms with Crippen LogP contribution in [0.25, 0.3) is 0 Å². The molecule has 5 rings (SSSR count). The van der Waals surface area contributed by atoms with Crippen molar-refractivity contribution in [3.05, 3.63) is 94.5 Å². The van der Waals surface area contributed by atoms with Crippen LogP contribution in [0.5, 0.6) is 0 Å². The molecule has 0 fully saturated rings. The molecule has 2 aliphatic rings. The van der Waals surface area contributed by atoms with E-state index in [0.717, 1.165) is 27.0 Å². The molecule has 0 saturated carbocycles. The molecule has 38 heavy (non-hydrogen) atoms. The fourth-order valence-electron chi connectivity index (χ4n) is 5.64. The molecule has 196 valence electrons. The van der Waals surface area contributed by atoms with Gasteiger partial charge in [-0.25, -0.2) is 14.7 Å². The van der Waals surface area contributed by atoms with Gasteiger partial charge >= 0.3 is 6.09 Å². The number of imide groups is 1. The molecule has 0 unspecified atom stereocenters. The van der Waals surface area contributed by atoms with Crippen LogP contribution in [0.3, 0.4) is 0 Å². The second kappa shape index (κ2) is 9.09. The van der Waals surface area contributed by atoms with Gasteiger partial charge in [-0.05, 0) is 62.1 Å². The van der Waals surface area contributed by atoms with Gasteiger partial charge in [-0.2, -0.15) is 5.10 Å². The van der Waals surface area contributed by atoms with Crippen LogP contribution in [0, 0.1) is 11.3 Å². The molecular formula is C31H32BrN3O3. The zero-order chi connectivity index (χ0) is 27.5. The number of hydrogen-bond acceptors (Lipinski definition) is 5. The van der Waals surface area contributed by atoms with Crippen LogP contribution in [-0.2, 0) is 15.1 Å². The second-order valence-corrected chi connectivity index (χ2v) is 12.8. The lowest BCUT2D eigenvalue weighted by atomic mass is 9.63. The van der Waals surface area contributed by atoms with Crippen molar-refractivity contribution >= 4 is 45.0 Å². The topological polar surface area (TPSA) is 62.2 Å². The smallest absolute Gasteiger partial charge is 0.421 e. The lowest BCUT2D eigenvalue weighted by Crippen LogP contribution is -2.58. The van der Waals surface area contributed by atoms with Crippen LogP contribution in [-0.4, -0.2) is 23.3 Å². The number of halogens is 1. The predicted octanol–water partition coefficient (Wildman–Crippen LogP) is 7.51. The van der Waals surface area contributed by atoms with E-state index < -0.39 is 22.6 Å². The molecule has 0 aromatic heterocycles. The summed E-state index contributed by atoms with van der Waals surface area (Å²) in [5.74, 6) is -0.757. The van der Waals surface area contributed by atoms with Crippen molar-refractivity contribution in [2.24, 2.45) is 16.4 Å². The molecule has 0 radical (unpaired) electrons. The summed E-state index contributed by atoms with van der Waals surface area (Å²) in [4.78, 5) is 29.7. The molecular weight excluding hydrogens is 542 g/mol. The minimum atomic E-state index is -1.30. The van der Waals surface area contributed by atoms with Gasteiger partial charge in [0.05, 0.1) is 17.1 Å². The lowest BCUT2D eigenvalue weighted by Gasteiger charge is -2.43. The normalized spacial score (nSPS) is 21.1. The van der Waals surface area contributed by atoms with Crippen LogP contribution in [0.1, 0.15) is 52.7 Å². The van der Waals surface area contributed by atoms with E-state index in [2.05, 4.69) is 36.7 Å². The first-order valence-electron chi connectivity index (χ1n) is 12.7. The number of fused-ring (bicyclic) bond motifs is 2. The molecule has 1 spiro atoms. The number of hydrogen-bond donors (Lipinski definition) is 0. The van der Waals surface area contributed by atoms with Gasteiger partial charge in [0.1, 0.15) is 5.60 Å². The number of amides is 2. The van der Waals surface area contributed by atoms with Crippen molar-refractivity contribution in [2.45, 2.75) is 52.7 Å². The summed E-state index contributed by atoms with van der Waals surface area (Å²) in [6.45, 7) is 11.8. The maximum absolute atomic E-state index is 14.9. The fraction of sp³-hybridized carbons (Fsp3) is 0.323. The Morgan fingerprint density at radius 2 is 1.50 bits per heavy atom. The van der Waals surface area contributed by atoms with Crippen molar-refractivity contribution in [1.29, 1.82) is 0 Å². The number of carbonyl (C=O) groups excluding carboxylic acids is 2. The summed E-state index contributed by atoms with van der Waals surface area (Å²) in [5.41, 5.74) is 1.26. The van der Waals surface area contributed by atoms with Gasteiger partial charge in [0.2, 0.25) is 0 Å². The Hall–Kier alpha value is -3.45. The van der Waals surface area contributed by atoms with Gasteiger partial charge in [0, 0.05) is 16.0 Å². The number of ether oxygens (including phenoxy) is 1. The van der Waals surface area contributed by atoms with Gasteiger partial charge in [-0.1, -0.05) is 85.2 Å². The van der Waals surface area contributed by atoms with Crippen molar-refractivity contribution < 1.29 is 14.3 Å². The van der Waals surface area contributed by atoms with E-state index in [1.54, 1.807) is 20.8 Å². The van der Waals surface area contributed by atoms with Crippen molar-refractivity contribution in [2.75, 3.05) is 9.91 Å². The molecule has 7 heteroatoms. The highest BCUT2D eigenvalue weighted by Gasteiger charge is 2.68. The van der Waals surface area contributed by atoms with E-state index in [9.17, 15) is 9.59 Å². The van der Waals surface area contributed by atoms with Gasteiger partial charge in [-0.15, -0.1) is 0 Å². The third-order valence-electron chi connectivity index (χ3n) is 6.90. The van der Waals surface area contributed by atoms with Crippen LogP contribution >= 0.6 is 15.9 Å². The highest BCUT2D eigenvalue weighted by molar-refractivity contribution is 9.10. The minimum Gasteiger partial charge on any atom is -0.443 e. The van der Waals surface area contributed by atoms with E-state index in [-0.39, 0.29) is 11.8 Å². The Labute approximate surface area is 232 Å². The molecule has 2 atom stereocenters. The van der Waals surface area contributed by atoms with Gasteiger partial charge in [0.25, 0.3) is 5.91 Å². The van der Waals surface area contributed by atoms with E-state index in [1.807, 2.05) is 83.9 Å². The predicted molar refractivity (Wildman–Crippen MR) is 154 cm³/mol. The Morgan fingerprint density at radius 3 is 2.11 bits per heavy atom. The molecule has 3 aromatic carbocycles. The van der Waals surface area contributed by atoms with E-state index >= 15 is 0 Å². The highest BCUT2D eigenvalue weighted by Crippen LogP contribution is 2.58. The maximum Gasteiger partial charge on any atom is 0.421 e. The van der Waals surface area contributed by atoms with E-state index in [4.69, 9.17) is 9.84 Å². The summed E-state index contributed by atoms with van der Waals surface area (Å²) in [7, 11) is 0. The molecule has 0 bridgehead atoms. The molecule has 0 saturated heterocycles. The summed E-state index contributed by atoms with van der Waals surface area (Å²) in [5, 5.41) is 7.02. The number of anilines is 2. The Kier molecular flexibility index (Phi) is 6.26. The first-order valence-corrected chi connectivity index (χ1v) is 13.5. The SMILES string of the molecule is CC(C)(C)OC(=O)N1C(=O)[C@@]2(c3ccccc31)[C@H](C(C)(C)C)C(c1ccccc1)=NN2c1ccc(Br)cc1. The summed E-state index contributed by atoms with van der Waals surface area (Å²) in [6.07, 6.45) is -0.691. The zero-order valence-electron chi connectivity index (χ0n) is 22.5. The fourth-order valence-corrected chi connectivity index (χ4v) is 5.90. The number of rotatable bonds is 2. The standard InChI is InChI=1S/C31H32BrN3O3/c1-29(2,3)26-25(20-12-8-7-9-13-20)33-35(22-18-16-21(32)17-19-22)31(26)23-14-10-11-15-24(23)34(27(31)36)28(37)38-30(4,5)6/h7-19,26H,1-6H3/t26-,31+/m0/s1. The summed E-state index contributed by atoms with van der Waals surface area (Å²) in [6, 6.07) is 25.2. The first-order chi connectivity index (χ1) is 17.9. The zero-order valence-corrected chi connectivity index (χ0v) is 24.1. The molecule has 2 aliphatic heterocycles. The van der Waals surface area contributed by atoms with E-state index in [0.29, 0.717) is 5.69 Å². The molecule has 0 aliphatic carbocycles. The van der Waals surface area contributed by atoms with Gasteiger partial charge in [0.15, 0.2) is 5.54 Å². The number of para-hydroxylation sites is 1. The second-order valence-electron chi connectivity index (χ2n) is 11.8. The van der Waals surface area contributed by atoms with Crippen molar-refractivity contribution in [3.8, 4) is 0 Å².